The average molecular weight is 320 g/mol. The van der Waals surface area contributed by atoms with E-state index in [9.17, 15) is 18.0 Å². The van der Waals surface area contributed by atoms with Gasteiger partial charge in [0.15, 0.2) is 9.84 Å². The van der Waals surface area contributed by atoms with Crippen molar-refractivity contribution in [2.24, 2.45) is 0 Å². The van der Waals surface area contributed by atoms with E-state index in [0.717, 1.165) is 0 Å². The molecule has 0 radical (unpaired) electrons. The number of rotatable bonds is 4. The second kappa shape index (κ2) is 6.29. The largest absolute Gasteiger partial charge is 0.481 e. The summed E-state index contributed by atoms with van der Waals surface area (Å²) in [6.07, 6.45) is 0.106. The van der Waals surface area contributed by atoms with Crippen molar-refractivity contribution in [3.63, 3.8) is 0 Å². The molecule has 2 heterocycles. The average Bonchev–Trinajstić information content (AvgIpc) is 2.85. The molecule has 0 aromatic heterocycles. The molecule has 9 heteroatoms. The van der Waals surface area contributed by atoms with Crippen LogP contribution in [0.1, 0.15) is 12.8 Å². The lowest BCUT2D eigenvalue weighted by atomic mass is 10.1. The van der Waals surface area contributed by atoms with Crippen LogP contribution in [0.25, 0.3) is 0 Å². The van der Waals surface area contributed by atoms with Gasteiger partial charge in [0.1, 0.15) is 0 Å². The number of hydrogen-bond donors (Lipinski definition) is 2. The Balaban J connectivity index is 2.08. The lowest BCUT2D eigenvalue weighted by Crippen LogP contribution is -2.56. The molecule has 0 aromatic rings. The van der Waals surface area contributed by atoms with Gasteiger partial charge in [-0.3, -0.25) is 9.59 Å². The number of carbonyl (C=O) groups is 2. The molecule has 120 valence electrons. The fraction of sp³-hybridized carbons (Fsp3) is 0.833. The molecule has 2 rings (SSSR count). The number of ether oxygens (including phenoxy) is 1. The summed E-state index contributed by atoms with van der Waals surface area (Å²) in [5.41, 5.74) is 0. The monoisotopic (exact) mass is 320 g/mol. The second-order valence-electron chi connectivity index (χ2n) is 5.45. The number of hydrogen-bond acceptors (Lipinski definition) is 6. The quantitative estimate of drug-likeness (QED) is 0.645. The van der Waals surface area contributed by atoms with E-state index in [1.54, 1.807) is 7.11 Å². The minimum atomic E-state index is -3.29. The summed E-state index contributed by atoms with van der Waals surface area (Å²) in [5, 5.41) is 11.9. The molecule has 0 spiro atoms. The first-order valence-electron chi connectivity index (χ1n) is 6.81. The van der Waals surface area contributed by atoms with Crippen LogP contribution < -0.4 is 5.32 Å². The Hall–Kier alpha value is -1.19. The summed E-state index contributed by atoms with van der Waals surface area (Å²) in [5.74, 6) is -1.75. The number of carbonyl (C=O) groups excluding carboxylic acids is 1. The van der Waals surface area contributed by atoms with Crippen molar-refractivity contribution in [3.05, 3.63) is 0 Å². The zero-order chi connectivity index (χ0) is 15.6. The van der Waals surface area contributed by atoms with Crippen LogP contribution >= 0.6 is 0 Å². The van der Waals surface area contributed by atoms with Crippen LogP contribution in [0.3, 0.4) is 0 Å². The molecule has 21 heavy (non-hydrogen) atoms. The summed E-state index contributed by atoms with van der Waals surface area (Å²) in [6, 6.07) is -1.23. The number of nitrogens with one attached hydrogen (secondary N) is 1. The smallest absolute Gasteiger partial charge is 0.305 e. The Morgan fingerprint density at radius 3 is 2.71 bits per heavy atom. The standard InChI is InChI=1S/C12H20N2O6S/c1-20-9-5-10(13-6-9)12(17)14-2-3-21(18,19)7-8(14)4-11(15)16/h8-10,13H,2-7H2,1H3,(H,15,16). The van der Waals surface area contributed by atoms with E-state index in [-0.39, 0.29) is 36.5 Å². The molecule has 2 fully saturated rings. The molecule has 0 aliphatic carbocycles. The first kappa shape index (κ1) is 16.2. The number of amides is 1. The molecular formula is C12H20N2O6S. The molecular weight excluding hydrogens is 300 g/mol. The van der Waals surface area contributed by atoms with E-state index in [1.807, 2.05) is 0 Å². The third kappa shape index (κ3) is 3.92. The third-order valence-electron chi connectivity index (χ3n) is 3.95. The molecule has 0 bridgehead atoms. The van der Waals surface area contributed by atoms with Crippen LogP contribution in [-0.4, -0.2) is 80.2 Å². The second-order valence-corrected chi connectivity index (χ2v) is 7.68. The maximum atomic E-state index is 12.5. The van der Waals surface area contributed by atoms with Crippen molar-refractivity contribution < 1.29 is 27.9 Å². The fourth-order valence-corrected chi connectivity index (χ4v) is 4.34. The molecule has 2 N–H and O–H groups in total. The number of methoxy groups -OCH3 is 1. The molecule has 2 aliphatic rings. The van der Waals surface area contributed by atoms with E-state index in [0.29, 0.717) is 13.0 Å². The molecule has 3 atom stereocenters. The lowest BCUT2D eigenvalue weighted by molar-refractivity contribution is -0.141. The predicted octanol–water partition coefficient (Wildman–Crippen LogP) is -1.54. The highest BCUT2D eigenvalue weighted by atomic mass is 32.2. The number of sulfone groups is 1. The van der Waals surface area contributed by atoms with Crippen LogP contribution in [0, 0.1) is 0 Å². The number of aliphatic carboxylic acids is 1. The highest BCUT2D eigenvalue weighted by Crippen LogP contribution is 2.19. The number of carboxylic acids is 1. The van der Waals surface area contributed by atoms with Crippen molar-refractivity contribution in [3.8, 4) is 0 Å². The molecule has 2 saturated heterocycles. The zero-order valence-electron chi connectivity index (χ0n) is 11.8. The van der Waals surface area contributed by atoms with Crippen molar-refractivity contribution >= 4 is 21.7 Å². The van der Waals surface area contributed by atoms with Gasteiger partial charge in [-0.05, 0) is 6.42 Å². The normalized spacial score (nSPS) is 32.0. The molecule has 3 unspecified atom stereocenters. The summed E-state index contributed by atoms with van der Waals surface area (Å²) >= 11 is 0. The van der Waals surface area contributed by atoms with Gasteiger partial charge in [0.25, 0.3) is 0 Å². The van der Waals surface area contributed by atoms with E-state index >= 15 is 0 Å². The topological polar surface area (TPSA) is 113 Å². The van der Waals surface area contributed by atoms with Gasteiger partial charge in [0.2, 0.25) is 5.91 Å². The van der Waals surface area contributed by atoms with Gasteiger partial charge >= 0.3 is 5.97 Å². The van der Waals surface area contributed by atoms with Gasteiger partial charge in [0.05, 0.1) is 36.1 Å². The van der Waals surface area contributed by atoms with Crippen molar-refractivity contribution in [1.29, 1.82) is 0 Å². The molecule has 0 saturated carbocycles. The zero-order valence-corrected chi connectivity index (χ0v) is 12.6. The van der Waals surface area contributed by atoms with Crippen LogP contribution in [0.5, 0.6) is 0 Å². The molecule has 1 amide bonds. The molecule has 8 nitrogen and oxygen atoms in total. The predicted molar refractivity (Wildman–Crippen MR) is 73.6 cm³/mol. The van der Waals surface area contributed by atoms with E-state index in [4.69, 9.17) is 9.84 Å². The first-order valence-corrected chi connectivity index (χ1v) is 8.63. The van der Waals surface area contributed by atoms with Crippen LogP contribution in [0.2, 0.25) is 0 Å². The van der Waals surface area contributed by atoms with Crippen molar-refractivity contribution in [1.82, 2.24) is 10.2 Å². The van der Waals surface area contributed by atoms with Crippen LogP contribution in [0.15, 0.2) is 0 Å². The van der Waals surface area contributed by atoms with E-state index in [1.165, 1.54) is 4.90 Å². The molecule has 0 aromatic carbocycles. The van der Waals surface area contributed by atoms with Crippen LogP contribution in [-0.2, 0) is 24.2 Å². The number of carboxylic acid groups (broad SMARTS) is 1. The Morgan fingerprint density at radius 1 is 1.43 bits per heavy atom. The highest BCUT2D eigenvalue weighted by Gasteiger charge is 2.40. The summed E-state index contributed by atoms with van der Waals surface area (Å²) < 4.78 is 28.5. The Bertz CT molecular complexity index is 520. The van der Waals surface area contributed by atoms with Gasteiger partial charge < -0.3 is 20.1 Å². The Kier molecular flexibility index (Phi) is 4.84. The van der Waals surface area contributed by atoms with Crippen LogP contribution in [0.4, 0.5) is 0 Å². The molecule has 2 aliphatic heterocycles. The summed E-state index contributed by atoms with van der Waals surface area (Å²) in [6.45, 7) is 0.609. The SMILES string of the molecule is COC1CNC(C(=O)N2CCS(=O)(=O)CC2CC(=O)O)C1. The Morgan fingerprint density at radius 2 is 2.14 bits per heavy atom. The van der Waals surface area contributed by atoms with Gasteiger partial charge in [-0.25, -0.2) is 8.42 Å². The van der Waals surface area contributed by atoms with E-state index < -0.39 is 27.9 Å². The summed E-state index contributed by atoms with van der Waals surface area (Å²) in [4.78, 5) is 24.8. The highest BCUT2D eigenvalue weighted by molar-refractivity contribution is 7.91. The van der Waals surface area contributed by atoms with Crippen molar-refractivity contribution in [2.45, 2.75) is 31.0 Å². The Labute approximate surface area is 123 Å². The van der Waals surface area contributed by atoms with Gasteiger partial charge in [-0.1, -0.05) is 0 Å². The maximum Gasteiger partial charge on any atom is 0.305 e. The van der Waals surface area contributed by atoms with E-state index in [2.05, 4.69) is 5.32 Å². The van der Waals surface area contributed by atoms with Crippen molar-refractivity contribution in [2.75, 3.05) is 31.7 Å². The maximum absolute atomic E-state index is 12.5. The van der Waals surface area contributed by atoms with Gasteiger partial charge in [0, 0.05) is 20.2 Å². The third-order valence-corrected chi connectivity index (χ3v) is 5.64. The minimum absolute atomic E-state index is 0.0505. The van der Waals surface area contributed by atoms with Gasteiger partial charge in [-0.15, -0.1) is 0 Å². The first-order chi connectivity index (χ1) is 9.82. The minimum Gasteiger partial charge on any atom is -0.481 e. The summed E-state index contributed by atoms with van der Waals surface area (Å²) in [7, 11) is -1.72. The fourth-order valence-electron chi connectivity index (χ4n) is 2.82. The van der Waals surface area contributed by atoms with Gasteiger partial charge in [-0.2, -0.15) is 0 Å². The number of nitrogens with zero attached hydrogens (tertiary/aromatic N) is 1. The lowest BCUT2D eigenvalue weighted by Gasteiger charge is -2.36.